The van der Waals surface area contributed by atoms with Crippen LogP contribution in [0.25, 0.3) is 0 Å². The summed E-state index contributed by atoms with van der Waals surface area (Å²) < 4.78 is 5.61. The highest BCUT2D eigenvalue weighted by Crippen LogP contribution is 2.30. The summed E-state index contributed by atoms with van der Waals surface area (Å²) in [5.74, 6) is 0.224. The standard InChI is InChI=1S/C12H21N3O3/c1-8-2-5-10(18-8)12(16)15(9-3-4-9)7-6-11(13)14-17/h8-10,17H,2-7H2,1H3,(H2,13,14). The normalized spacial score (nSPS) is 28.4. The molecule has 2 atom stereocenters. The first-order chi connectivity index (χ1) is 8.61. The third-order valence-corrected chi connectivity index (χ3v) is 3.52. The molecule has 0 aromatic carbocycles. The summed E-state index contributed by atoms with van der Waals surface area (Å²) in [6, 6.07) is 0.323. The Labute approximate surface area is 107 Å². The topological polar surface area (TPSA) is 88.2 Å². The van der Waals surface area contributed by atoms with Crippen LogP contribution in [0.1, 0.15) is 39.0 Å². The van der Waals surface area contributed by atoms with E-state index in [0.717, 1.165) is 25.7 Å². The largest absolute Gasteiger partial charge is 0.409 e. The zero-order valence-corrected chi connectivity index (χ0v) is 10.7. The maximum Gasteiger partial charge on any atom is 0.251 e. The number of ether oxygens (including phenoxy) is 1. The molecule has 6 nitrogen and oxygen atoms in total. The maximum atomic E-state index is 12.3. The van der Waals surface area contributed by atoms with Crippen LogP contribution in [0, 0.1) is 0 Å². The van der Waals surface area contributed by atoms with Crippen molar-refractivity contribution in [3.63, 3.8) is 0 Å². The highest BCUT2D eigenvalue weighted by atomic mass is 16.5. The van der Waals surface area contributed by atoms with Crippen molar-refractivity contribution in [2.75, 3.05) is 6.54 Å². The molecular weight excluding hydrogens is 234 g/mol. The third-order valence-electron chi connectivity index (χ3n) is 3.52. The predicted molar refractivity (Wildman–Crippen MR) is 66.3 cm³/mol. The van der Waals surface area contributed by atoms with Crippen molar-refractivity contribution in [3.05, 3.63) is 0 Å². The van der Waals surface area contributed by atoms with Crippen molar-refractivity contribution < 1.29 is 14.7 Å². The van der Waals surface area contributed by atoms with E-state index in [-0.39, 0.29) is 24.0 Å². The molecule has 1 amide bonds. The number of nitrogens with two attached hydrogens (primary N) is 1. The summed E-state index contributed by atoms with van der Waals surface area (Å²) in [5, 5.41) is 11.5. The van der Waals surface area contributed by atoms with Gasteiger partial charge >= 0.3 is 0 Å². The number of carbonyl (C=O) groups excluding carboxylic acids is 1. The molecule has 0 spiro atoms. The molecule has 1 saturated heterocycles. The second-order valence-electron chi connectivity index (χ2n) is 5.12. The summed E-state index contributed by atoms with van der Waals surface area (Å²) in [5.41, 5.74) is 5.45. The van der Waals surface area contributed by atoms with Gasteiger partial charge in [0.25, 0.3) is 5.91 Å². The van der Waals surface area contributed by atoms with E-state index in [1.807, 2.05) is 11.8 Å². The monoisotopic (exact) mass is 255 g/mol. The Morgan fingerprint density at radius 2 is 2.17 bits per heavy atom. The van der Waals surface area contributed by atoms with E-state index in [1.54, 1.807) is 0 Å². The van der Waals surface area contributed by atoms with E-state index in [9.17, 15) is 4.79 Å². The molecule has 18 heavy (non-hydrogen) atoms. The quantitative estimate of drug-likeness (QED) is 0.327. The van der Waals surface area contributed by atoms with E-state index < -0.39 is 0 Å². The molecule has 3 N–H and O–H groups in total. The molecule has 2 fully saturated rings. The van der Waals surface area contributed by atoms with Gasteiger partial charge in [-0.15, -0.1) is 0 Å². The number of oxime groups is 1. The second kappa shape index (κ2) is 5.56. The van der Waals surface area contributed by atoms with Gasteiger partial charge in [-0.05, 0) is 32.6 Å². The Bertz CT molecular complexity index is 341. The highest BCUT2D eigenvalue weighted by Gasteiger charge is 2.38. The Morgan fingerprint density at radius 3 is 2.67 bits per heavy atom. The van der Waals surface area contributed by atoms with Crippen LogP contribution in [-0.2, 0) is 9.53 Å². The van der Waals surface area contributed by atoms with E-state index in [1.165, 1.54) is 0 Å². The minimum atomic E-state index is -0.298. The molecule has 0 bridgehead atoms. The van der Waals surface area contributed by atoms with Gasteiger partial charge in [-0.25, -0.2) is 0 Å². The molecule has 6 heteroatoms. The molecule has 0 aromatic heterocycles. The second-order valence-corrected chi connectivity index (χ2v) is 5.12. The van der Waals surface area contributed by atoms with Gasteiger partial charge in [0.05, 0.1) is 6.10 Å². The lowest BCUT2D eigenvalue weighted by atomic mass is 10.2. The van der Waals surface area contributed by atoms with Crippen molar-refractivity contribution >= 4 is 11.7 Å². The van der Waals surface area contributed by atoms with Crippen LogP contribution < -0.4 is 5.73 Å². The van der Waals surface area contributed by atoms with Gasteiger partial charge < -0.3 is 20.6 Å². The smallest absolute Gasteiger partial charge is 0.251 e. The number of amides is 1. The van der Waals surface area contributed by atoms with Crippen LogP contribution in [0.2, 0.25) is 0 Å². The van der Waals surface area contributed by atoms with Crippen molar-refractivity contribution in [2.24, 2.45) is 10.9 Å². The average Bonchev–Trinajstić information content (AvgIpc) is 3.10. The predicted octanol–water partition coefficient (Wildman–Crippen LogP) is 0.681. The van der Waals surface area contributed by atoms with Gasteiger partial charge in [0.2, 0.25) is 0 Å². The summed E-state index contributed by atoms with van der Waals surface area (Å²) in [6.07, 6.45) is 4.11. The first kappa shape index (κ1) is 13.1. The molecule has 1 aliphatic heterocycles. The fourth-order valence-corrected chi connectivity index (χ4v) is 2.31. The number of nitrogens with zero attached hydrogens (tertiary/aromatic N) is 2. The van der Waals surface area contributed by atoms with Gasteiger partial charge in [0, 0.05) is 19.0 Å². The van der Waals surface area contributed by atoms with Crippen LogP contribution in [-0.4, -0.2) is 46.6 Å². The van der Waals surface area contributed by atoms with E-state index in [0.29, 0.717) is 19.0 Å². The summed E-state index contributed by atoms with van der Waals surface area (Å²) >= 11 is 0. The fraction of sp³-hybridized carbons (Fsp3) is 0.833. The molecule has 0 aromatic rings. The lowest BCUT2D eigenvalue weighted by Crippen LogP contribution is -2.42. The Morgan fingerprint density at radius 1 is 1.44 bits per heavy atom. The van der Waals surface area contributed by atoms with E-state index in [2.05, 4.69) is 5.16 Å². The van der Waals surface area contributed by atoms with E-state index in [4.69, 9.17) is 15.7 Å². The summed E-state index contributed by atoms with van der Waals surface area (Å²) in [6.45, 7) is 2.50. The fourth-order valence-electron chi connectivity index (χ4n) is 2.31. The van der Waals surface area contributed by atoms with Crippen molar-refractivity contribution in [1.29, 1.82) is 0 Å². The van der Waals surface area contributed by atoms with Gasteiger partial charge in [0.15, 0.2) is 0 Å². The number of carbonyl (C=O) groups is 1. The first-order valence-corrected chi connectivity index (χ1v) is 6.54. The number of hydrogen-bond acceptors (Lipinski definition) is 4. The van der Waals surface area contributed by atoms with Crippen LogP contribution in [0.3, 0.4) is 0 Å². The summed E-state index contributed by atoms with van der Waals surface area (Å²) in [4.78, 5) is 14.2. The van der Waals surface area contributed by atoms with Gasteiger partial charge in [-0.1, -0.05) is 5.16 Å². The third kappa shape index (κ3) is 3.13. The molecule has 0 radical (unpaired) electrons. The summed E-state index contributed by atoms with van der Waals surface area (Å²) in [7, 11) is 0. The highest BCUT2D eigenvalue weighted by molar-refractivity contribution is 5.83. The Hall–Kier alpha value is -1.30. The molecule has 1 heterocycles. The maximum absolute atomic E-state index is 12.3. The Balaban J connectivity index is 1.90. The molecular formula is C12H21N3O3. The SMILES string of the molecule is CC1CCC(C(=O)N(CCC(N)=NO)C2CC2)O1. The van der Waals surface area contributed by atoms with Gasteiger partial charge in [-0.3, -0.25) is 4.79 Å². The molecule has 2 rings (SSSR count). The number of hydrogen-bond donors (Lipinski definition) is 2. The lowest BCUT2D eigenvalue weighted by molar-refractivity contribution is -0.143. The number of rotatable bonds is 5. The zero-order valence-electron chi connectivity index (χ0n) is 10.7. The molecule has 2 unspecified atom stereocenters. The van der Waals surface area contributed by atoms with Crippen LogP contribution in [0.4, 0.5) is 0 Å². The van der Waals surface area contributed by atoms with Crippen LogP contribution in [0.5, 0.6) is 0 Å². The molecule has 102 valence electrons. The first-order valence-electron chi connectivity index (χ1n) is 6.54. The molecule has 2 aliphatic rings. The van der Waals surface area contributed by atoms with Crippen molar-refractivity contribution in [1.82, 2.24) is 4.90 Å². The average molecular weight is 255 g/mol. The minimum Gasteiger partial charge on any atom is -0.409 e. The number of amidine groups is 1. The van der Waals surface area contributed by atoms with Gasteiger partial charge in [0.1, 0.15) is 11.9 Å². The van der Waals surface area contributed by atoms with Crippen molar-refractivity contribution in [3.8, 4) is 0 Å². The van der Waals surface area contributed by atoms with Crippen molar-refractivity contribution in [2.45, 2.75) is 57.3 Å². The molecule has 1 aliphatic carbocycles. The van der Waals surface area contributed by atoms with Gasteiger partial charge in [-0.2, -0.15) is 0 Å². The van der Waals surface area contributed by atoms with Crippen LogP contribution in [0.15, 0.2) is 5.16 Å². The molecule has 1 saturated carbocycles. The van der Waals surface area contributed by atoms with Crippen LogP contribution >= 0.6 is 0 Å². The lowest BCUT2D eigenvalue weighted by Gasteiger charge is -2.25. The minimum absolute atomic E-state index is 0.0626. The Kier molecular flexibility index (Phi) is 4.06. The zero-order chi connectivity index (χ0) is 13.1. The van der Waals surface area contributed by atoms with E-state index >= 15 is 0 Å².